The second-order valence-electron chi connectivity index (χ2n) is 9.75. The zero-order valence-corrected chi connectivity index (χ0v) is 22.3. The Morgan fingerprint density at radius 1 is 0.368 bits per heavy atom. The highest BCUT2D eigenvalue weighted by atomic mass is 32.1. The third-order valence-corrected chi connectivity index (χ3v) is 11.2. The average molecular weight is 519 g/mol. The van der Waals surface area contributed by atoms with Crippen LogP contribution in [0, 0.1) is 0 Å². The summed E-state index contributed by atoms with van der Waals surface area (Å²) < 4.78 is 2.72. The van der Waals surface area contributed by atoms with Gasteiger partial charge in [0, 0.05) is 20.2 Å². The number of hydrogen-bond acceptors (Lipinski definition) is 1. The standard InChI is InChI=1S/C36H23PS/c1-3-11-27(12-4-1)37(28-13-5-2-6-14-28)30-16-9-17-31-35(30)36-32(38-31)23-22-26-21-20-25-19-18-24-10-7-8-15-29(24)33(25)34(26)36/h1-23H. The molecule has 1 heterocycles. The van der Waals surface area contributed by atoms with Crippen molar-refractivity contribution < 1.29 is 0 Å². The number of hydrogen-bond donors (Lipinski definition) is 0. The summed E-state index contributed by atoms with van der Waals surface area (Å²) in [7, 11) is -0.720. The Balaban J connectivity index is 1.58. The van der Waals surface area contributed by atoms with Crippen molar-refractivity contribution in [1.82, 2.24) is 0 Å². The molecule has 7 aromatic carbocycles. The summed E-state index contributed by atoms with van der Waals surface area (Å²) in [5.74, 6) is 0. The SMILES string of the molecule is c1ccc(P(c2ccccc2)c2cccc3sc4ccc5ccc6ccc7ccccc7c6c5c4c23)cc1. The Hall–Kier alpha value is -4.03. The maximum Gasteiger partial charge on any atom is 0.0362 e. The van der Waals surface area contributed by atoms with E-state index in [1.165, 1.54) is 68.4 Å². The third kappa shape index (κ3) is 3.33. The van der Waals surface area contributed by atoms with Crippen LogP contribution in [0.3, 0.4) is 0 Å². The average Bonchev–Trinajstić information content (AvgIpc) is 3.38. The van der Waals surface area contributed by atoms with Gasteiger partial charge in [-0.3, -0.25) is 0 Å². The predicted molar refractivity (Wildman–Crippen MR) is 171 cm³/mol. The van der Waals surface area contributed by atoms with Crippen molar-refractivity contribution in [2.45, 2.75) is 0 Å². The molecule has 0 atom stereocenters. The molecule has 0 radical (unpaired) electrons. The van der Waals surface area contributed by atoms with Crippen LogP contribution in [0.5, 0.6) is 0 Å². The van der Waals surface area contributed by atoms with Gasteiger partial charge in [0.15, 0.2) is 0 Å². The Morgan fingerprint density at radius 3 is 1.68 bits per heavy atom. The minimum Gasteiger partial charge on any atom is -0.135 e. The quantitative estimate of drug-likeness (QED) is 0.161. The summed E-state index contributed by atoms with van der Waals surface area (Å²) in [5.41, 5.74) is 0. The highest BCUT2D eigenvalue weighted by Crippen LogP contribution is 2.45. The fourth-order valence-electron chi connectivity index (χ4n) is 5.97. The third-order valence-electron chi connectivity index (χ3n) is 7.60. The molecule has 0 nitrogen and oxygen atoms in total. The van der Waals surface area contributed by atoms with Crippen LogP contribution in [0.2, 0.25) is 0 Å². The van der Waals surface area contributed by atoms with Crippen LogP contribution in [0.15, 0.2) is 140 Å². The van der Waals surface area contributed by atoms with Crippen molar-refractivity contribution in [3.63, 3.8) is 0 Å². The molecular formula is C36H23PS. The molecular weight excluding hydrogens is 495 g/mol. The highest BCUT2D eigenvalue weighted by molar-refractivity contribution is 7.80. The van der Waals surface area contributed by atoms with E-state index < -0.39 is 7.92 Å². The number of rotatable bonds is 3. The molecule has 0 aliphatic carbocycles. The van der Waals surface area contributed by atoms with E-state index in [0.717, 1.165) is 0 Å². The fourth-order valence-corrected chi connectivity index (χ4v) is 9.67. The molecule has 8 rings (SSSR count). The smallest absolute Gasteiger partial charge is 0.0362 e. The molecule has 1 aromatic heterocycles. The van der Waals surface area contributed by atoms with Crippen LogP contribution in [-0.2, 0) is 0 Å². The molecule has 0 fully saturated rings. The lowest BCUT2D eigenvalue weighted by Crippen LogP contribution is -2.20. The molecule has 0 saturated heterocycles. The molecule has 0 aliphatic rings. The molecule has 0 bridgehead atoms. The predicted octanol–water partition coefficient (Wildman–Crippen LogP) is 9.27. The Morgan fingerprint density at radius 2 is 0.947 bits per heavy atom. The molecule has 38 heavy (non-hydrogen) atoms. The van der Waals surface area contributed by atoms with Crippen LogP contribution >= 0.6 is 19.3 Å². The van der Waals surface area contributed by atoms with E-state index in [1.54, 1.807) is 0 Å². The molecule has 0 spiro atoms. The number of benzene rings is 7. The first kappa shape index (κ1) is 22.0. The first-order valence-electron chi connectivity index (χ1n) is 13.0. The van der Waals surface area contributed by atoms with E-state index in [4.69, 9.17) is 0 Å². The summed E-state index contributed by atoms with van der Waals surface area (Å²) in [4.78, 5) is 0. The molecule has 0 unspecified atom stereocenters. The topological polar surface area (TPSA) is 0 Å². The van der Waals surface area contributed by atoms with Gasteiger partial charge in [0.05, 0.1) is 0 Å². The first-order valence-corrected chi connectivity index (χ1v) is 15.1. The van der Waals surface area contributed by atoms with Gasteiger partial charge < -0.3 is 0 Å². The minimum absolute atomic E-state index is 0.720. The van der Waals surface area contributed by atoms with E-state index in [0.29, 0.717) is 0 Å². The molecule has 8 aromatic rings. The summed E-state index contributed by atoms with van der Waals surface area (Å²) in [6.07, 6.45) is 0. The lowest BCUT2D eigenvalue weighted by Gasteiger charge is -2.21. The van der Waals surface area contributed by atoms with Crippen LogP contribution in [0.4, 0.5) is 0 Å². The monoisotopic (exact) mass is 518 g/mol. The van der Waals surface area contributed by atoms with Gasteiger partial charge in [-0.15, -0.1) is 11.3 Å². The van der Waals surface area contributed by atoms with Gasteiger partial charge in [-0.05, 0) is 68.3 Å². The lowest BCUT2D eigenvalue weighted by atomic mass is 9.94. The van der Waals surface area contributed by atoms with Crippen molar-refractivity contribution in [3.05, 3.63) is 140 Å². The Labute approximate surface area is 226 Å². The van der Waals surface area contributed by atoms with Crippen molar-refractivity contribution in [1.29, 1.82) is 0 Å². The Bertz CT molecular complexity index is 2080. The molecule has 0 aliphatic heterocycles. The summed E-state index contributed by atoms with van der Waals surface area (Å²) in [5, 5.41) is 15.0. The van der Waals surface area contributed by atoms with Crippen molar-refractivity contribution in [3.8, 4) is 0 Å². The number of fused-ring (bicyclic) bond motifs is 9. The fraction of sp³-hybridized carbons (Fsp3) is 0. The first-order chi connectivity index (χ1) is 18.9. The summed E-state index contributed by atoms with van der Waals surface area (Å²) in [6, 6.07) is 51.7. The second kappa shape index (κ2) is 8.77. The molecule has 0 amide bonds. The second-order valence-corrected chi connectivity index (χ2v) is 13.0. The van der Waals surface area contributed by atoms with Crippen molar-refractivity contribution >= 4 is 87.7 Å². The molecule has 0 saturated carbocycles. The van der Waals surface area contributed by atoms with Gasteiger partial charge in [-0.25, -0.2) is 0 Å². The minimum atomic E-state index is -0.720. The maximum absolute atomic E-state index is 2.38. The van der Waals surface area contributed by atoms with Gasteiger partial charge in [0.2, 0.25) is 0 Å². The van der Waals surface area contributed by atoms with Crippen LogP contribution in [0.25, 0.3) is 52.5 Å². The van der Waals surface area contributed by atoms with Gasteiger partial charge >= 0.3 is 0 Å². The van der Waals surface area contributed by atoms with E-state index >= 15 is 0 Å². The van der Waals surface area contributed by atoms with Crippen molar-refractivity contribution in [2.75, 3.05) is 0 Å². The van der Waals surface area contributed by atoms with E-state index in [1.807, 2.05) is 11.3 Å². The van der Waals surface area contributed by atoms with E-state index in [-0.39, 0.29) is 0 Å². The Kier molecular flexibility index (Phi) is 5.08. The summed E-state index contributed by atoms with van der Waals surface area (Å²) in [6.45, 7) is 0. The zero-order valence-electron chi connectivity index (χ0n) is 20.6. The normalized spacial score (nSPS) is 11.9. The lowest BCUT2D eigenvalue weighted by molar-refractivity contribution is 1.75. The van der Waals surface area contributed by atoms with E-state index in [9.17, 15) is 0 Å². The van der Waals surface area contributed by atoms with Crippen LogP contribution < -0.4 is 15.9 Å². The van der Waals surface area contributed by atoms with Gasteiger partial charge in [-0.1, -0.05) is 127 Å². The van der Waals surface area contributed by atoms with E-state index in [2.05, 4.69) is 140 Å². The van der Waals surface area contributed by atoms with Gasteiger partial charge in [0.1, 0.15) is 0 Å². The molecule has 2 heteroatoms. The van der Waals surface area contributed by atoms with Crippen LogP contribution in [-0.4, -0.2) is 0 Å². The largest absolute Gasteiger partial charge is 0.135 e. The van der Waals surface area contributed by atoms with Gasteiger partial charge in [0.25, 0.3) is 0 Å². The maximum atomic E-state index is 2.38. The molecule has 0 N–H and O–H groups in total. The van der Waals surface area contributed by atoms with Gasteiger partial charge in [-0.2, -0.15) is 0 Å². The highest BCUT2D eigenvalue weighted by Gasteiger charge is 2.22. The van der Waals surface area contributed by atoms with Crippen molar-refractivity contribution in [2.24, 2.45) is 0 Å². The zero-order chi connectivity index (χ0) is 25.1. The van der Waals surface area contributed by atoms with Crippen LogP contribution in [0.1, 0.15) is 0 Å². The molecule has 178 valence electrons. The summed E-state index contributed by atoms with van der Waals surface area (Å²) >= 11 is 1.92. The number of thiophene rings is 1.